The van der Waals surface area contributed by atoms with E-state index in [1.807, 2.05) is 0 Å². The predicted octanol–water partition coefficient (Wildman–Crippen LogP) is 2.85. The molecule has 0 amide bonds. The highest BCUT2D eigenvalue weighted by Crippen LogP contribution is 2.35. The SMILES string of the molecule is O=S(=O)(N[C@@H]1CCCC[C@H]1O)c1cc(Br)sc1Br. The van der Waals surface area contributed by atoms with Gasteiger partial charge in [-0.05, 0) is 50.8 Å². The second-order valence-corrected chi connectivity index (χ2v) is 9.70. The number of hydrogen-bond donors (Lipinski definition) is 2. The minimum atomic E-state index is -3.58. The van der Waals surface area contributed by atoms with Gasteiger partial charge in [0, 0.05) is 6.04 Å². The second kappa shape index (κ2) is 5.88. The molecule has 0 saturated heterocycles. The molecule has 0 aromatic carbocycles. The van der Waals surface area contributed by atoms with Crippen molar-refractivity contribution in [1.82, 2.24) is 4.72 Å². The Morgan fingerprint density at radius 2 is 2.00 bits per heavy atom. The standard InChI is InChI=1S/C10H13Br2NO3S2/c11-9-5-8(10(12)17-9)18(15,16)13-6-3-1-2-4-7(6)14/h5-7,13-14H,1-4H2/t6-,7-/m1/s1. The van der Waals surface area contributed by atoms with Gasteiger partial charge in [-0.25, -0.2) is 13.1 Å². The largest absolute Gasteiger partial charge is 0.391 e. The number of nitrogens with one attached hydrogen (secondary N) is 1. The van der Waals surface area contributed by atoms with Crippen LogP contribution < -0.4 is 4.72 Å². The molecule has 18 heavy (non-hydrogen) atoms. The molecule has 1 aromatic heterocycles. The zero-order chi connectivity index (χ0) is 13.3. The molecular formula is C10H13Br2NO3S2. The van der Waals surface area contributed by atoms with Gasteiger partial charge in [0.1, 0.15) is 4.90 Å². The monoisotopic (exact) mass is 417 g/mol. The molecule has 2 atom stereocenters. The zero-order valence-electron chi connectivity index (χ0n) is 9.40. The summed E-state index contributed by atoms with van der Waals surface area (Å²) in [7, 11) is -3.58. The minimum Gasteiger partial charge on any atom is -0.391 e. The highest BCUT2D eigenvalue weighted by atomic mass is 79.9. The van der Waals surface area contributed by atoms with E-state index in [9.17, 15) is 13.5 Å². The van der Waals surface area contributed by atoms with Crippen LogP contribution in [-0.4, -0.2) is 25.7 Å². The van der Waals surface area contributed by atoms with E-state index < -0.39 is 16.1 Å². The normalized spacial score (nSPS) is 25.3. The Balaban J connectivity index is 2.19. The van der Waals surface area contributed by atoms with Gasteiger partial charge in [0.2, 0.25) is 10.0 Å². The Labute approximate surface area is 127 Å². The smallest absolute Gasteiger partial charge is 0.242 e. The lowest BCUT2D eigenvalue weighted by Crippen LogP contribution is -2.44. The number of thiophene rings is 1. The average molecular weight is 419 g/mol. The van der Waals surface area contributed by atoms with E-state index in [0.29, 0.717) is 16.6 Å². The number of halogens is 2. The fourth-order valence-electron chi connectivity index (χ4n) is 2.02. The van der Waals surface area contributed by atoms with Crippen molar-refractivity contribution in [2.24, 2.45) is 0 Å². The summed E-state index contributed by atoms with van der Waals surface area (Å²) in [5.41, 5.74) is 0. The molecule has 0 aliphatic heterocycles. The number of rotatable bonds is 3. The molecule has 0 bridgehead atoms. The highest BCUT2D eigenvalue weighted by molar-refractivity contribution is 9.12. The maximum atomic E-state index is 12.2. The molecule has 102 valence electrons. The summed E-state index contributed by atoms with van der Waals surface area (Å²) < 4.78 is 28.3. The lowest BCUT2D eigenvalue weighted by Gasteiger charge is -2.27. The van der Waals surface area contributed by atoms with Gasteiger partial charge >= 0.3 is 0 Å². The summed E-state index contributed by atoms with van der Waals surface area (Å²) in [6, 6.07) is 1.18. The van der Waals surface area contributed by atoms with E-state index in [4.69, 9.17) is 0 Å². The molecule has 0 spiro atoms. The van der Waals surface area contributed by atoms with Gasteiger partial charge in [-0.3, -0.25) is 0 Å². The van der Waals surface area contributed by atoms with E-state index in [1.54, 1.807) is 6.07 Å². The lowest BCUT2D eigenvalue weighted by molar-refractivity contribution is 0.101. The Morgan fingerprint density at radius 1 is 1.33 bits per heavy atom. The maximum Gasteiger partial charge on any atom is 0.242 e. The van der Waals surface area contributed by atoms with Gasteiger partial charge in [0.25, 0.3) is 0 Å². The third kappa shape index (κ3) is 3.34. The summed E-state index contributed by atoms with van der Waals surface area (Å²) in [6.45, 7) is 0. The number of hydrogen-bond acceptors (Lipinski definition) is 4. The van der Waals surface area contributed by atoms with Crippen molar-refractivity contribution in [2.75, 3.05) is 0 Å². The van der Waals surface area contributed by atoms with Crippen LogP contribution in [0.2, 0.25) is 0 Å². The van der Waals surface area contributed by atoms with Crippen molar-refractivity contribution in [2.45, 2.75) is 42.7 Å². The van der Waals surface area contributed by atoms with Gasteiger partial charge in [0.15, 0.2) is 0 Å². The molecule has 0 unspecified atom stereocenters. The van der Waals surface area contributed by atoms with Gasteiger partial charge in [-0.1, -0.05) is 12.8 Å². The van der Waals surface area contributed by atoms with Crippen LogP contribution >= 0.6 is 43.2 Å². The molecule has 1 fully saturated rings. The molecule has 0 radical (unpaired) electrons. The van der Waals surface area contributed by atoms with Crippen molar-refractivity contribution in [3.63, 3.8) is 0 Å². The van der Waals surface area contributed by atoms with Crippen LogP contribution in [0.15, 0.2) is 18.5 Å². The third-order valence-electron chi connectivity index (χ3n) is 2.95. The Kier molecular flexibility index (Phi) is 4.88. The molecule has 1 saturated carbocycles. The van der Waals surface area contributed by atoms with Gasteiger partial charge in [0.05, 0.1) is 13.7 Å². The minimum absolute atomic E-state index is 0.220. The van der Waals surface area contributed by atoms with E-state index in [1.165, 1.54) is 11.3 Å². The zero-order valence-corrected chi connectivity index (χ0v) is 14.2. The van der Waals surface area contributed by atoms with Crippen LogP contribution in [0.25, 0.3) is 0 Å². The quantitative estimate of drug-likeness (QED) is 0.792. The van der Waals surface area contributed by atoms with Crippen molar-refractivity contribution in [1.29, 1.82) is 0 Å². The summed E-state index contributed by atoms with van der Waals surface area (Å²) in [5, 5.41) is 9.81. The molecule has 2 N–H and O–H groups in total. The van der Waals surface area contributed by atoms with E-state index in [-0.39, 0.29) is 10.9 Å². The molecule has 1 aliphatic carbocycles. The van der Waals surface area contributed by atoms with Crippen LogP contribution in [0.4, 0.5) is 0 Å². The van der Waals surface area contributed by atoms with E-state index >= 15 is 0 Å². The Morgan fingerprint density at radius 3 is 2.56 bits per heavy atom. The van der Waals surface area contributed by atoms with Crippen molar-refractivity contribution in [3.05, 3.63) is 13.6 Å². The lowest BCUT2D eigenvalue weighted by atomic mass is 9.93. The molecule has 8 heteroatoms. The maximum absolute atomic E-state index is 12.2. The number of aliphatic hydroxyl groups is 1. The van der Waals surface area contributed by atoms with Gasteiger partial charge < -0.3 is 5.11 Å². The number of aliphatic hydroxyl groups excluding tert-OH is 1. The third-order valence-corrected chi connectivity index (χ3v) is 7.20. The van der Waals surface area contributed by atoms with Crippen LogP contribution in [0.3, 0.4) is 0 Å². The topological polar surface area (TPSA) is 66.4 Å². The molecule has 4 nitrogen and oxygen atoms in total. The summed E-state index contributed by atoms with van der Waals surface area (Å²) in [4.78, 5) is 0.220. The first-order valence-corrected chi connectivity index (χ1v) is 9.44. The van der Waals surface area contributed by atoms with Crippen LogP contribution in [0.1, 0.15) is 25.7 Å². The fourth-order valence-corrected chi connectivity index (χ4v) is 7.14. The molecule has 1 aliphatic rings. The highest BCUT2D eigenvalue weighted by Gasteiger charge is 2.29. The predicted molar refractivity (Wildman–Crippen MR) is 78.3 cm³/mol. The summed E-state index contributed by atoms with van der Waals surface area (Å²) in [6.07, 6.45) is 2.64. The van der Waals surface area contributed by atoms with Crippen LogP contribution in [0.5, 0.6) is 0 Å². The molecule has 1 aromatic rings. The molecular weight excluding hydrogens is 406 g/mol. The number of sulfonamides is 1. The van der Waals surface area contributed by atoms with Gasteiger partial charge in [-0.15, -0.1) is 11.3 Å². The first kappa shape index (κ1) is 14.9. The fraction of sp³-hybridized carbons (Fsp3) is 0.600. The Hall–Kier alpha value is 0.530. The first-order chi connectivity index (χ1) is 8.40. The molecule has 1 heterocycles. The first-order valence-electron chi connectivity index (χ1n) is 5.55. The molecule has 2 rings (SSSR count). The summed E-state index contributed by atoms with van der Waals surface area (Å²) in [5.74, 6) is 0. The van der Waals surface area contributed by atoms with Crippen molar-refractivity contribution >= 4 is 53.2 Å². The van der Waals surface area contributed by atoms with E-state index in [2.05, 4.69) is 36.6 Å². The van der Waals surface area contributed by atoms with Crippen LogP contribution in [-0.2, 0) is 10.0 Å². The Bertz CT molecular complexity index is 529. The second-order valence-electron chi connectivity index (χ2n) is 4.27. The summed E-state index contributed by atoms with van der Waals surface area (Å²) >= 11 is 7.81. The average Bonchev–Trinajstić information content (AvgIpc) is 2.62. The van der Waals surface area contributed by atoms with Crippen molar-refractivity contribution in [3.8, 4) is 0 Å². The van der Waals surface area contributed by atoms with E-state index in [0.717, 1.165) is 16.6 Å². The van der Waals surface area contributed by atoms with Crippen molar-refractivity contribution < 1.29 is 13.5 Å². The van der Waals surface area contributed by atoms with Crippen LogP contribution in [0, 0.1) is 0 Å². The van der Waals surface area contributed by atoms with Gasteiger partial charge in [-0.2, -0.15) is 0 Å².